The van der Waals surface area contributed by atoms with Gasteiger partial charge in [-0.15, -0.1) is 0 Å². The zero-order chi connectivity index (χ0) is 37.6. The molecule has 0 radical (unpaired) electrons. The minimum absolute atomic E-state index is 0.420. The average molecular weight is 814 g/mol. The molecule has 0 saturated heterocycles. The summed E-state index contributed by atoms with van der Waals surface area (Å²) < 4.78 is 3.94. The molecule has 1 heterocycles. The third kappa shape index (κ3) is 8.56. The van der Waals surface area contributed by atoms with Crippen molar-refractivity contribution in [1.82, 2.24) is 0 Å². The van der Waals surface area contributed by atoms with Gasteiger partial charge in [-0.3, -0.25) is 0 Å². The normalized spacial score (nSPS) is 13.4. The second-order valence-electron chi connectivity index (χ2n) is 14.3. The van der Waals surface area contributed by atoms with Crippen LogP contribution in [-0.2, 0) is 0 Å². The minimum Gasteiger partial charge on any atom is -0.310 e. The van der Waals surface area contributed by atoms with Crippen LogP contribution in [0.25, 0.3) is 17.2 Å². The van der Waals surface area contributed by atoms with Crippen molar-refractivity contribution >= 4 is 53.3 Å². The van der Waals surface area contributed by atoms with Gasteiger partial charge in [0, 0.05) is 20.7 Å². The van der Waals surface area contributed by atoms with Crippen LogP contribution in [0.15, 0.2) is 167 Å². The summed E-state index contributed by atoms with van der Waals surface area (Å²) in [6.45, 7) is 13.2. The van der Waals surface area contributed by atoms with Crippen molar-refractivity contribution < 1.29 is 0 Å². The Morgan fingerprint density at radius 3 is 1.63 bits per heavy atom. The van der Waals surface area contributed by atoms with Gasteiger partial charge in [0.05, 0.1) is 0 Å². The summed E-state index contributed by atoms with van der Waals surface area (Å²) in [5.74, 6) is 0. The van der Waals surface area contributed by atoms with Gasteiger partial charge in [0.25, 0.3) is 0 Å². The first-order valence-electron chi connectivity index (χ1n) is 18.8. The first kappa shape index (κ1) is 37.0. The van der Waals surface area contributed by atoms with E-state index in [9.17, 15) is 0 Å². The lowest BCUT2D eigenvalue weighted by atomic mass is 9.93. The quantitative estimate of drug-likeness (QED) is 0.104. The highest BCUT2D eigenvalue weighted by atomic mass is 127. The molecule has 0 aromatic heterocycles. The molecule has 0 bridgehead atoms. The van der Waals surface area contributed by atoms with Crippen molar-refractivity contribution in [3.63, 3.8) is 0 Å². The van der Waals surface area contributed by atoms with Crippen LogP contribution >= 0.6 is 20.7 Å². The number of nitrogens with zero attached hydrogens (tertiary/aromatic N) is 1. The predicted molar refractivity (Wildman–Crippen MR) is 244 cm³/mol. The maximum atomic E-state index is 2.51. The summed E-state index contributed by atoms with van der Waals surface area (Å²) in [6, 6.07) is 51.1. The Balaban J connectivity index is 1.26. The van der Waals surface area contributed by atoms with Crippen molar-refractivity contribution in [2.75, 3.05) is 4.90 Å². The van der Waals surface area contributed by atoms with Crippen molar-refractivity contribution in [2.45, 2.75) is 48.0 Å². The molecule has 7 rings (SSSR count). The molecule has 54 heavy (non-hydrogen) atoms. The molecule has 6 aromatic rings. The lowest BCUT2D eigenvalue weighted by molar-refractivity contribution is 1.19. The molecule has 1 aliphatic rings. The fourth-order valence-electron chi connectivity index (χ4n) is 6.96. The molecule has 268 valence electrons. The Labute approximate surface area is 332 Å². The van der Waals surface area contributed by atoms with Gasteiger partial charge in [0.15, 0.2) is 0 Å². The van der Waals surface area contributed by atoms with Gasteiger partial charge in [-0.25, -0.2) is 0 Å². The second-order valence-corrected chi connectivity index (χ2v) is 16.8. The minimum atomic E-state index is -0.420. The molecule has 1 aliphatic heterocycles. The Hall–Kier alpha value is -5.32. The van der Waals surface area contributed by atoms with Crippen LogP contribution in [0.2, 0.25) is 0 Å². The molecule has 0 atom stereocenters. The lowest BCUT2D eigenvalue weighted by Crippen LogP contribution is -2.18. The number of hydrogen-bond acceptors (Lipinski definition) is 1. The Morgan fingerprint density at radius 2 is 1.07 bits per heavy atom. The number of rotatable bonds is 9. The zero-order valence-corrected chi connectivity index (χ0v) is 34.4. The number of aryl methyl sites for hydroxylation is 6. The van der Waals surface area contributed by atoms with Crippen LogP contribution in [0.1, 0.15) is 67.6 Å². The topological polar surface area (TPSA) is 3.24 Å². The second kappa shape index (κ2) is 16.8. The number of anilines is 2. The summed E-state index contributed by atoms with van der Waals surface area (Å²) in [5, 5.41) is 0. The van der Waals surface area contributed by atoms with Gasteiger partial charge >= 0.3 is 0 Å². The molecule has 6 aromatic carbocycles. The van der Waals surface area contributed by atoms with E-state index in [1.165, 1.54) is 87.3 Å². The van der Waals surface area contributed by atoms with Gasteiger partial charge < -0.3 is 4.90 Å². The molecule has 0 N–H and O–H groups in total. The lowest BCUT2D eigenvalue weighted by Gasteiger charge is -2.28. The SMILES string of the molecule is Cc1ccc(N(C2=CCC=C(/C=C(/c3ccccc3)c3ccc(C)c(C)c3)I=C2)c2ccc(/C=C(/c3ccccc3)c3ccc(C)c(C)c3)cc2)c(C)c1. The Kier molecular flexibility index (Phi) is 11.5. The number of allylic oxidation sites excluding steroid dienone is 5. The zero-order valence-electron chi connectivity index (χ0n) is 32.2. The number of benzene rings is 6. The van der Waals surface area contributed by atoms with E-state index in [2.05, 4.69) is 214 Å². The summed E-state index contributed by atoms with van der Waals surface area (Å²) in [7, 11) is 0. The third-order valence-electron chi connectivity index (χ3n) is 10.3. The average Bonchev–Trinajstić information content (AvgIpc) is 3.43. The highest BCUT2D eigenvalue weighted by Crippen LogP contribution is 2.37. The molecule has 1 nitrogen and oxygen atoms in total. The van der Waals surface area contributed by atoms with Crippen LogP contribution < -0.4 is 4.90 Å². The van der Waals surface area contributed by atoms with Crippen molar-refractivity contribution in [1.29, 1.82) is 0 Å². The van der Waals surface area contributed by atoms with E-state index < -0.39 is 20.7 Å². The molecule has 0 spiro atoms. The highest BCUT2D eigenvalue weighted by Gasteiger charge is 2.17. The predicted octanol–water partition coefficient (Wildman–Crippen LogP) is 14.3. The van der Waals surface area contributed by atoms with Crippen LogP contribution in [0.5, 0.6) is 0 Å². The Morgan fingerprint density at radius 1 is 0.500 bits per heavy atom. The molecule has 0 fully saturated rings. The van der Waals surface area contributed by atoms with Gasteiger partial charge in [-0.05, 0) is 149 Å². The van der Waals surface area contributed by atoms with E-state index in [0.717, 1.165) is 12.1 Å². The molecular formula is C52H48IN. The fraction of sp³-hybridized carbons (Fsp3) is 0.135. The summed E-state index contributed by atoms with van der Waals surface area (Å²) in [5.41, 5.74) is 20.1. The summed E-state index contributed by atoms with van der Waals surface area (Å²) in [6.07, 6.45) is 10.5. The van der Waals surface area contributed by atoms with Crippen LogP contribution in [0, 0.1) is 41.5 Å². The first-order chi connectivity index (χ1) is 26.2. The van der Waals surface area contributed by atoms with Crippen LogP contribution in [-0.4, -0.2) is 4.01 Å². The maximum absolute atomic E-state index is 2.51. The van der Waals surface area contributed by atoms with E-state index in [1.807, 2.05) is 0 Å². The van der Waals surface area contributed by atoms with Gasteiger partial charge in [0.2, 0.25) is 0 Å². The summed E-state index contributed by atoms with van der Waals surface area (Å²) in [4.78, 5) is 2.46. The van der Waals surface area contributed by atoms with Crippen molar-refractivity contribution in [3.05, 3.63) is 228 Å². The van der Waals surface area contributed by atoms with Gasteiger partial charge in [0.1, 0.15) is 0 Å². The van der Waals surface area contributed by atoms with E-state index >= 15 is 0 Å². The maximum Gasteiger partial charge on any atom is 0.0491 e. The van der Waals surface area contributed by atoms with E-state index in [-0.39, 0.29) is 0 Å². The molecule has 2 heteroatoms. The molecule has 0 unspecified atom stereocenters. The third-order valence-corrected chi connectivity index (χ3v) is 12.8. The van der Waals surface area contributed by atoms with Crippen molar-refractivity contribution in [2.24, 2.45) is 0 Å². The molecule has 0 amide bonds. The van der Waals surface area contributed by atoms with E-state index in [1.54, 1.807) is 0 Å². The van der Waals surface area contributed by atoms with Crippen LogP contribution in [0.4, 0.5) is 11.4 Å². The van der Waals surface area contributed by atoms with Gasteiger partial charge in [-0.2, -0.15) is 0 Å². The number of halogens is 1. The van der Waals surface area contributed by atoms with Crippen LogP contribution in [0.3, 0.4) is 0 Å². The first-order valence-corrected chi connectivity index (χ1v) is 21.1. The monoisotopic (exact) mass is 813 g/mol. The highest BCUT2D eigenvalue weighted by molar-refractivity contribution is 14.2. The molecular weight excluding hydrogens is 765 g/mol. The van der Waals surface area contributed by atoms with E-state index in [0.29, 0.717) is 0 Å². The largest absolute Gasteiger partial charge is 0.310 e. The molecule has 0 aliphatic carbocycles. The fourth-order valence-corrected chi connectivity index (χ4v) is 9.17. The van der Waals surface area contributed by atoms with Crippen molar-refractivity contribution in [3.8, 4) is 0 Å². The smallest absolute Gasteiger partial charge is 0.0491 e. The molecule has 0 saturated carbocycles. The van der Waals surface area contributed by atoms with E-state index in [4.69, 9.17) is 0 Å². The van der Waals surface area contributed by atoms with Gasteiger partial charge in [-0.1, -0.05) is 160 Å². The number of hydrogen-bond donors (Lipinski definition) is 0. The standard InChI is InChI=1S/C52H48IN/c1-36-20-29-52(41(6)30-36)54(48-27-23-42(24-28-48)33-50(43-14-9-7-10-15-43)45-25-21-37(2)39(4)31-45)49-19-13-18-47(53-35-49)34-51(44-16-11-8-12-17-44)46-26-22-38(3)40(5)32-46/h7-12,14-35H,13H2,1-6H3/b50-33-,51-34-. The summed E-state index contributed by atoms with van der Waals surface area (Å²) >= 11 is -0.420. The Bertz CT molecular complexity index is 2440.